The fraction of sp³-hybridized carbons (Fsp3) is 0.846. The lowest BCUT2D eigenvalue weighted by atomic mass is 9.84. The third kappa shape index (κ3) is 3.87. The molecule has 1 amide bonds. The molecule has 1 saturated carbocycles. The van der Waals surface area contributed by atoms with Crippen LogP contribution in [0.15, 0.2) is 0 Å². The summed E-state index contributed by atoms with van der Waals surface area (Å²) in [6.07, 6.45) is -3.67. The van der Waals surface area contributed by atoms with Gasteiger partial charge in [0, 0.05) is 19.1 Å². The van der Waals surface area contributed by atoms with Gasteiger partial charge in [-0.1, -0.05) is 0 Å². The van der Waals surface area contributed by atoms with E-state index in [1.165, 1.54) is 0 Å². The Kier molecular flexibility index (Phi) is 4.75. The Bertz CT molecular complexity index is 406. The van der Waals surface area contributed by atoms with E-state index in [-0.39, 0.29) is 31.2 Å². The van der Waals surface area contributed by atoms with Crippen molar-refractivity contribution in [2.24, 2.45) is 5.92 Å². The molecule has 21 heavy (non-hydrogen) atoms. The maximum atomic E-state index is 12.7. The number of carboxylic acid groups (broad SMARTS) is 1. The molecule has 1 aliphatic heterocycles. The molecule has 5 nitrogen and oxygen atoms in total. The molecule has 1 heterocycles. The van der Waals surface area contributed by atoms with E-state index >= 15 is 0 Å². The van der Waals surface area contributed by atoms with Crippen molar-refractivity contribution < 1.29 is 27.9 Å². The Labute approximate surface area is 120 Å². The van der Waals surface area contributed by atoms with Gasteiger partial charge in [-0.2, -0.15) is 13.2 Å². The van der Waals surface area contributed by atoms with Gasteiger partial charge in [0.25, 0.3) is 0 Å². The Morgan fingerprint density at radius 3 is 2.43 bits per heavy atom. The summed E-state index contributed by atoms with van der Waals surface area (Å²) in [4.78, 5) is 24.5. The van der Waals surface area contributed by atoms with Crippen molar-refractivity contribution in [2.45, 2.75) is 50.4 Å². The standard InChI is InChI=1S/C13H19F3N2O3/c14-13(15,16)8-1-3-9(4-2-8)18-6-5-17-12(21)10(18)7-11(19)20/h8-10H,1-7H2,(H,17,21)(H,19,20). The van der Waals surface area contributed by atoms with Crippen molar-refractivity contribution in [3.63, 3.8) is 0 Å². The van der Waals surface area contributed by atoms with Crippen LogP contribution in [0, 0.1) is 5.92 Å². The highest BCUT2D eigenvalue weighted by Crippen LogP contribution is 2.39. The molecule has 1 unspecified atom stereocenters. The van der Waals surface area contributed by atoms with Crippen LogP contribution in [0.5, 0.6) is 0 Å². The smallest absolute Gasteiger partial charge is 0.391 e. The average molecular weight is 308 g/mol. The molecule has 1 saturated heterocycles. The Morgan fingerprint density at radius 1 is 1.29 bits per heavy atom. The van der Waals surface area contributed by atoms with Crippen molar-refractivity contribution in [3.8, 4) is 0 Å². The van der Waals surface area contributed by atoms with E-state index in [4.69, 9.17) is 5.11 Å². The van der Waals surface area contributed by atoms with Crippen LogP contribution in [-0.2, 0) is 9.59 Å². The second-order valence-electron chi connectivity index (χ2n) is 5.69. The zero-order chi connectivity index (χ0) is 15.6. The quantitative estimate of drug-likeness (QED) is 0.826. The molecule has 0 aromatic carbocycles. The van der Waals surface area contributed by atoms with Crippen molar-refractivity contribution in [3.05, 3.63) is 0 Å². The lowest BCUT2D eigenvalue weighted by molar-refractivity contribution is -0.185. The van der Waals surface area contributed by atoms with Crippen LogP contribution >= 0.6 is 0 Å². The maximum Gasteiger partial charge on any atom is 0.391 e. The summed E-state index contributed by atoms with van der Waals surface area (Å²) in [6.45, 7) is 0.902. The van der Waals surface area contributed by atoms with Crippen molar-refractivity contribution >= 4 is 11.9 Å². The number of rotatable bonds is 3. The van der Waals surface area contributed by atoms with E-state index in [0.29, 0.717) is 25.9 Å². The molecule has 1 aliphatic carbocycles. The van der Waals surface area contributed by atoms with Crippen molar-refractivity contribution in [1.29, 1.82) is 0 Å². The number of aliphatic carboxylic acids is 1. The second-order valence-corrected chi connectivity index (χ2v) is 5.69. The lowest BCUT2D eigenvalue weighted by Gasteiger charge is -2.43. The maximum absolute atomic E-state index is 12.7. The van der Waals surface area contributed by atoms with Crippen LogP contribution in [-0.4, -0.2) is 53.2 Å². The van der Waals surface area contributed by atoms with E-state index in [1.807, 2.05) is 0 Å². The molecule has 0 aromatic heterocycles. The van der Waals surface area contributed by atoms with Crippen molar-refractivity contribution in [1.82, 2.24) is 10.2 Å². The number of carbonyl (C=O) groups is 2. The molecule has 1 atom stereocenters. The first-order valence-corrected chi connectivity index (χ1v) is 7.11. The predicted molar refractivity (Wildman–Crippen MR) is 67.6 cm³/mol. The van der Waals surface area contributed by atoms with Gasteiger partial charge in [-0.05, 0) is 25.7 Å². The zero-order valence-electron chi connectivity index (χ0n) is 11.5. The fourth-order valence-electron chi connectivity index (χ4n) is 3.28. The first-order chi connectivity index (χ1) is 9.79. The van der Waals surface area contributed by atoms with Gasteiger partial charge in [0.15, 0.2) is 0 Å². The number of hydrogen-bond donors (Lipinski definition) is 2. The summed E-state index contributed by atoms with van der Waals surface area (Å²) in [5, 5.41) is 11.5. The summed E-state index contributed by atoms with van der Waals surface area (Å²) in [5.41, 5.74) is 0. The van der Waals surface area contributed by atoms with Gasteiger partial charge in [0.2, 0.25) is 5.91 Å². The molecule has 0 bridgehead atoms. The van der Waals surface area contributed by atoms with Gasteiger partial charge in [-0.15, -0.1) is 0 Å². The Hall–Kier alpha value is -1.31. The summed E-state index contributed by atoms with van der Waals surface area (Å²) >= 11 is 0. The predicted octanol–water partition coefficient (Wildman–Crippen LogP) is 1.38. The number of nitrogens with zero attached hydrogens (tertiary/aromatic N) is 1. The van der Waals surface area contributed by atoms with Gasteiger partial charge >= 0.3 is 12.1 Å². The zero-order valence-corrected chi connectivity index (χ0v) is 11.5. The lowest BCUT2D eigenvalue weighted by Crippen LogP contribution is -2.59. The van der Waals surface area contributed by atoms with E-state index in [2.05, 4.69) is 5.32 Å². The summed E-state index contributed by atoms with van der Waals surface area (Å²) in [7, 11) is 0. The molecule has 120 valence electrons. The van der Waals surface area contributed by atoms with Gasteiger partial charge < -0.3 is 10.4 Å². The van der Waals surface area contributed by atoms with Crippen LogP contribution in [0.3, 0.4) is 0 Å². The van der Waals surface area contributed by atoms with Crippen LogP contribution in [0.25, 0.3) is 0 Å². The molecule has 8 heteroatoms. The number of carbonyl (C=O) groups excluding carboxylic acids is 1. The first-order valence-electron chi connectivity index (χ1n) is 7.11. The molecule has 0 spiro atoms. The highest BCUT2D eigenvalue weighted by Gasteiger charge is 2.44. The largest absolute Gasteiger partial charge is 0.481 e. The van der Waals surface area contributed by atoms with E-state index in [0.717, 1.165) is 0 Å². The van der Waals surface area contributed by atoms with Crippen LogP contribution in [0.1, 0.15) is 32.1 Å². The minimum atomic E-state index is -4.16. The molecular formula is C13H19F3N2O3. The summed E-state index contributed by atoms with van der Waals surface area (Å²) in [6, 6.07) is -0.914. The van der Waals surface area contributed by atoms with E-state index in [9.17, 15) is 22.8 Å². The number of carboxylic acids is 1. The molecule has 2 N–H and O–H groups in total. The summed E-state index contributed by atoms with van der Waals surface area (Å²) in [5.74, 6) is -2.70. The molecular weight excluding hydrogens is 289 g/mol. The second kappa shape index (κ2) is 6.21. The van der Waals surface area contributed by atoms with Gasteiger partial charge in [0.05, 0.1) is 18.4 Å². The molecule has 2 rings (SSSR count). The van der Waals surface area contributed by atoms with Crippen LogP contribution < -0.4 is 5.32 Å². The van der Waals surface area contributed by atoms with Crippen molar-refractivity contribution in [2.75, 3.05) is 13.1 Å². The summed E-state index contributed by atoms with van der Waals surface area (Å²) < 4.78 is 38.0. The molecule has 2 aliphatic rings. The Morgan fingerprint density at radius 2 is 1.90 bits per heavy atom. The third-order valence-electron chi connectivity index (χ3n) is 4.37. The Balaban J connectivity index is 2.00. The number of nitrogens with one attached hydrogen (secondary N) is 1. The van der Waals surface area contributed by atoms with E-state index in [1.54, 1.807) is 4.90 Å². The number of piperazine rings is 1. The number of amides is 1. The van der Waals surface area contributed by atoms with Gasteiger partial charge in [0.1, 0.15) is 0 Å². The van der Waals surface area contributed by atoms with Gasteiger partial charge in [-0.3, -0.25) is 14.5 Å². The molecule has 0 aromatic rings. The highest BCUT2D eigenvalue weighted by atomic mass is 19.4. The molecule has 0 radical (unpaired) electrons. The topological polar surface area (TPSA) is 69.6 Å². The first kappa shape index (κ1) is 16.1. The number of hydrogen-bond acceptors (Lipinski definition) is 3. The van der Waals surface area contributed by atoms with Crippen LogP contribution in [0.2, 0.25) is 0 Å². The highest BCUT2D eigenvalue weighted by molar-refractivity contribution is 5.86. The molecule has 2 fully saturated rings. The number of alkyl halides is 3. The SMILES string of the molecule is O=C(O)CC1C(=O)NCCN1C1CCC(C(F)(F)F)CC1. The monoisotopic (exact) mass is 308 g/mol. The minimum absolute atomic E-state index is 0.0477. The number of halogens is 3. The third-order valence-corrected chi connectivity index (χ3v) is 4.37. The normalized spacial score (nSPS) is 31.8. The average Bonchev–Trinajstić information content (AvgIpc) is 2.40. The van der Waals surface area contributed by atoms with Crippen LogP contribution in [0.4, 0.5) is 13.2 Å². The van der Waals surface area contributed by atoms with E-state index < -0.39 is 24.1 Å². The minimum Gasteiger partial charge on any atom is -0.481 e. The van der Waals surface area contributed by atoms with Gasteiger partial charge in [-0.25, -0.2) is 0 Å². The fourth-order valence-corrected chi connectivity index (χ4v) is 3.28.